The second-order valence-electron chi connectivity index (χ2n) is 5.27. The van der Waals surface area contributed by atoms with E-state index in [1.54, 1.807) is 20.2 Å². The second-order valence-corrected chi connectivity index (χ2v) is 5.68. The van der Waals surface area contributed by atoms with Gasteiger partial charge in [-0.3, -0.25) is 4.79 Å². The summed E-state index contributed by atoms with van der Waals surface area (Å²) in [5, 5.41) is -0.0115. The predicted octanol–water partition coefficient (Wildman–Crippen LogP) is 3.48. The summed E-state index contributed by atoms with van der Waals surface area (Å²) < 4.78 is 13.9. The Morgan fingerprint density at radius 1 is 1.29 bits per heavy atom. The molecule has 0 aliphatic heterocycles. The van der Waals surface area contributed by atoms with Crippen molar-refractivity contribution in [2.75, 3.05) is 14.1 Å². The number of hydrogen-bond acceptors (Lipinski definition) is 1. The average Bonchev–Trinajstić information content (AvgIpc) is 2.18. The lowest BCUT2D eigenvalue weighted by Crippen LogP contribution is -2.23. The zero-order valence-corrected chi connectivity index (χ0v) is 11.5. The zero-order valence-electron chi connectivity index (χ0n) is 10.8. The van der Waals surface area contributed by atoms with Gasteiger partial charge in [0.05, 0.1) is 5.02 Å². The topological polar surface area (TPSA) is 20.3 Å². The molecule has 0 aromatic heterocycles. The van der Waals surface area contributed by atoms with Crippen molar-refractivity contribution in [1.82, 2.24) is 4.90 Å². The maximum absolute atomic E-state index is 13.9. The molecule has 94 valence electrons. The summed E-state index contributed by atoms with van der Waals surface area (Å²) in [4.78, 5) is 13.3. The van der Waals surface area contributed by atoms with Crippen LogP contribution in [0.3, 0.4) is 0 Å². The summed E-state index contributed by atoms with van der Waals surface area (Å²) in [6.07, 6.45) is 0. The van der Waals surface area contributed by atoms with Crippen LogP contribution in [-0.4, -0.2) is 24.9 Å². The van der Waals surface area contributed by atoms with Crippen molar-refractivity contribution in [2.45, 2.75) is 26.2 Å². The van der Waals surface area contributed by atoms with Gasteiger partial charge in [-0.1, -0.05) is 32.4 Å². The molecule has 0 aliphatic rings. The third-order valence-corrected chi connectivity index (χ3v) is 2.76. The van der Waals surface area contributed by atoms with Gasteiger partial charge in [0.25, 0.3) is 5.91 Å². The molecule has 0 atom stereocenters. The minimum atomic E-state index is -0.450. The second kappa shape index (κ2) is 4.65. The van der Waals surface area contributed by atoms with Crippen molar-refractivity contribution in [3.63, 3.8) is 0 Å². The summed E-state index contributed by atoms with van der Waals surface area (Å²) in [6, 6.07) is 2.94. The highest BCUT2D eigenvalue weighted by Crippen LogP contribution is 2.30. The molecule has 0 radical (unpaired) electrons. The predicted molar refractivity (Wildman–Crippen MR) is 68.1 cm³/mol. The van der Waals surface area contributed by atoms with E-state index in [0.29, 0.717) is 11.1 Å². The maximum Gasteiger partial charge on any atom is 0.253 e. The van der Waals surface area contributed by atoms with Crippen LogP contribution in [0.15, 0.2) is 12.1 Å². The molecule has 1 aromatic rings. The molecule has 1 amide bonds. The molecule has 0 unspecified atom stereocenters. The van der Waals surface area contributed by atoms with Crippen LogP contribution in [0.2, 0.25) is 5.02 Å². The van der Waals surface area contributed by atoms with Crippen LogP contribution in [0.1, 0.15) is 36.7 Å². The highest BCUT2D eigenvalue weighted by Gasteiger charge is 2.23. The summed E-state index contributed by atoms with van der Waals surface area (Å²) in [5.74, 6) is -0.633. The largest absolute Gasteiger partial charge is 0.345 e. The smallest absolute Gasteiger partial charge is 0.253 e. The van der Waals surface area contributed by atoms with Crippen molar-refractivity contribution >= 4 is 17.5 Å². The number of carbonyl (C=O) groups is 1. The van der Waals surface area contributed by atoms with E-state index in [1.165, 1.54) is 11.0 Å². The summed E-state index contributed by atoms with van der Waals surface area (Å²) in [6.45, 7) is 5.64. The van der Waals surface area contributed by atoms with Gasteiger partial charge in [0.1, 0.15) is 5.82 Å². The maximum atomic E-state index is 13.9. The van der Waals surface area contributed by atoms with E-state index in [1.807, 2.05) is 20.8 Å². The van der Waals surface area contributed by atoms with E-state index in [9.17, 15) is 9.18 Å². The lowest BCUT2D eigenvalue weighted by molar-refractivity contribution is 0.0827. The Morgan fingerprint density at radius 3 is 2.24 bits per heavy atom. The molecule has 0 spiro atoms. The molecule has 2 nitrogen and oxygen atoms in total. The Bertz CT molecular complexity index is 449. The van der Waals surface area contributed by atoms with Gasteiger partial charge in [-0.05, 0) is 23.1 Å². The Morgan fingerprint density at radius 2 is 1.82 bits per heavy atom. The zero-order chi connectivity index (χ0) is 13.4. The molecule has 0 N–H and O–H groups in total. The van der Waals surface area contributed by atoms with E-state index >= 15 is 0 Å². The normalized spacial score (nSPS) is 11.5. The Labute approximate surface area is 106 Å². The van der Waals surface area contributed by atoms with E-state index in [0.717, 1.165) is 0 Å². The first-order chi connectivity index (χ1) is 7.64. The molecule has 17 heavy (non-hydrogen) atoms. The minimum Gasteiger partial charge on any atom is -0.345 e. The standard InChI is InChI=1S/C13H17ClFNO/c1-13(2,3)9-6-8(12(17)16(4)5)7-10(14)11(9)15/h6-7H,1-5H3. The third kappa shape index (κ3) is 2.97. The van der Waals surface area contributed by atoms with Crippen LogP contribution in [-0.2, 0) is 5.41 Å². The van der Waals surface area contributed by atoms with Crippen LogP contribution >= 0.6 is 11.6 Å². The number of carbonyl (C=O) groups excluding carboxylic acids is 1. The summed E-state index contributed by atoms with van der Waals surface area (Å²) >= 11 is 5.83. The van der Waals surface area contributed by atoms with Gasteiger partial charge in [-0.2, -0.15) is 0 Å². The highest BCUT2D eigenvalue weighted by atomic mass is 35.5. The lowest BCUT2D eigenvalue weighted by atomic mass is 9.85. The fourth-order valence-corrected chi connectivity index (χ4v) is 1.74. The average molecular weight is 258 g/mol. The fraction of sp³-hybridized carbons (Fsp3) is 0.462. The number of rotatable bonds is 1. The van der Waals surface area contributed by atoms with Crippen LogP contribution in [0, 0.1) is 5.82 Å². The summed E-state index contributed by atoms with van der Waals surface area (Å²) in [7, 11) is 3.30. The Kier molecular flexibility index (Phi) is 3.82. The summed E-state index contributed by atoms with van der Waals surface area (Å²) in [5.41, 5.74) is 0.470. The molecule has 0 bridgehead atoms. The quantitative estimate of drug-likeness (QED) is 0.754. The third-order valence-electron chi connectivity index (χ3n) is 2.49. The number of hydrogen-bond donors (Lipinski definition) is 0. The van der Waals surface area contributed by atoms with Crippen LogP contribution < -0.4 is 0 Å². The van der Waals surface area contributed by atoms with Crippen molar-refractivity contribution < 1.29 is 9.18 Å². The van der Waals surface area contributed by atoms with Crippen molar-refractivity contribution in [2.24, 2.45) is 0 Å². The molecule has 1 rings (SSSR count). The van der Waals surface area contributed by atoms with Crippen molar-refractivity contribution in [3.8, 4) is 0 Å². The molecular weight excluding hydrogens is 241 g/mol. The fourth-order valence-electron chi connectivity index (χ4n) is 1.52. The van der Waals surface area contributed by atoms with Crippen molar-refractivity contribution in [1.29, 1.82) is 0 Å². The molecule has 1 aromatic carbocycles. The monoisotopic (exact) mass is 257 g/mol. The molecular formula is C13H17ClFNO. The van der Waals surface area contributed by atoms with E-state index < -0.39 is 11.2 Å². The molecule has 0 saturated heterocycles. The molecule has 0 aliphatic carbocycles. The number of nitrogens with zero attached hydrogens (tertiary/aromatic N) is 1. The van der Waals surface area contributed by atoms with E-state index in [-0.39, 0.29) is 10.9 Å². The van der Waals surface area contributed by atoms with Crippen LogP contribution in [0.25, 0.3) is 0 Å². The highest BCUT2D eigenvalue weighted by molar-refractivity contribution is 6.31. The number of amides is 1. The Hall–Kier alpha value is -1.09. The van der Waals surface area contributed by atoms with E-state index in [2.05, 4.69) is 0 Å². The van der Waals surface area contributed by atoms with Crippen LogP contribution in [0.4, 0.5) is 4.39 Å². The van der Waals surface area contributed by atoms with Gasteiger partial charge >= 0.3 is 0 Å². The number of benzene rings is 1. The number of halogens is 2. The van der Waals surface area contributed by atoms with Gasteiger partial charge in [-0.15, -0.1) is 0 Å². The molecule has 4 heteroatoms. The van der Waals surface area contributed by atoms with Gasteiger partial charge in [-0.25, -0.2) is 4.39 Å². The van der Waals surface area contributed by atoms with Gasteiger partial charge < -0.3 is 4.90 Å². The first-order valence-electron chi connectivity index (χ1n) is 5.35. The van der Waals surface area contributed by atoms with Gasteiger partial charge in [0.15, 0.2) is 0 Å². The van der Waals surface area contributed by atoms with Crippen molar-refractivity contribution in [3.05, 3.63) is 34.1 Å². The first-order valence-corrected chi connectivity index (χ1v) is 5.73. The Balaban J connectivity index is 3.39. The molecule has 0 fully saturated rings. The first kappa shape index (κ1) is 14.0. The van der Waals surface area contributed by atoms with E-state index in [4.69, 9.17) is 11.6 Å². The molecule has 0 saturated carbocycles. The molecule has 0 heterocycles. The van der Waals surface area contributed by atoms with Gasteiger partial charge in [0, 0.05) is 19.7 Å². The SMILES string of the molecule is CN(C)C(=O)c1cc(Cl)c(F)c(C(C)(C)C)c1. The van der Waals surface area contributed by atoms with Crippen LogP contribution in [0.5, 0.6) is 0 Å². The minimum absolute atomic E-state index is 0.0115. The van der Waals surface area contributed by atoms with Gasteiger partial charge in [0.2, 0.25) is 0 Å². The lowest BCUT2D eigenvalue weighted by Gasteiger charge is -2.22.